The number of benzene rings is 2. The van der Waals surface area contributed by atoms with Gasteiger partial charge in [0.2, 0.25) is 0 Å². The number of pyridine rings is 1. The van der Waals surface area contributed by atoms with Crippen LogP contribution in [0.2, 0.25) is 0 Å². The molecule has 37 heavy (non-hydrogen) atoms. The zero-order valence-electron chi connectivity index (χ0n) is 20.4. The number of aryl methyl sites for hydroxylation is 1. The zero-order valence-corrected chi connectivity index (χ0v) is 20.4. The minimum Gasteiger partial charge on any atom is -0.497 e. The number of rotatable bonds is 9. The molecule has 9 heteroatoms. The third-order valence-electron chi connectivity index (χ3n) is 7.21. The number of halogens is 4. The maximum absolute atomic E-state index is 14.6. The molecule has 1 aliphatic heterocycles. The summed E-state index contributed by atoms with van der Waals surface area (Å²) in [6, 6.07) is 7.30. The highest BCUT2D eigenvalue weighted by molar-refractivity contribution is 5.83. The number of ether oxygens (including phenoxy) is 1. The molecule has 1 fully saturated rings. The Bertz CT molecular complexity index is 1320. The lowest BCUT2D eigenvalue weighted by molar-refractivity contribution is -0.152. The number of methoxy groups -OCH3 is 1. The van der Waals surface area contributed by atoms with Gasteiger partial charge in [0, 0.05) is 17.5 Å². The van der Waals surface area contributed by atoms with Crippen LogP contribution < -0.4 is 4.74 Å². The number of aromatic nitrogens is 1. The second-order valence-corrected chi connectivity index (χ2v) is 9.37. The summed E-state index contributed by atoms with van der Waals surface area (Å²) in [4.78, 5) is 18.4. The van der Waals surface area contributed by atoms with Crippen LogP contribution in [0.4, 0.5) is 17.6 Å². The van der Waals surface area contributed by atoms with Gasteiger partial charge in [-0.05, 0) is 81.1 Å². The Labute approximate surface area is 212 Å². The van der Waals surface area contributed by atoms with Crippen LogP contribution in [-0.2, 0) is 11.2 Å². The van der Waals surface area contributed by atoms with Crippen molar-refractivity contribution in [2.45, 2.75) is 32.1 Å². The lowest BCUT2D eigenvalue weighted by Gasteiger charge is -2.38. The first-order valence-corrected chi connectivity index (χ1v) is 12.1. The van der Waals surface area contributed by atoms with Gasteiger partial charge in [-0.15, -0.1) is 0 Å². The van der Waals surface area contributed by atoms with Crippen LogP contribution in [0.1, 0.15) is 36.8 Å². The van der Waals surface area contributed by atoms with E-state index in [0.29, 0.717) is 74.0 Å². The highest BCUT2D eigenvalue weighted by Crippen LogP contribution is 2.37. The van der Waals surface area contributed by atoms with Crippen molar-refractivity contribution in [3.05, 3.63) is 77.0 Å². The molecule has 3 aromatic rings. The fourth-order valence-corrected chi connectivity index (χ4v) is 4.92. The van der Waals surface area contributed by atoms with Crippen molar-refractivity contribution in [2.75, 3.05) is 26.7 Å². The number of carboxylic acids is 1. The van der Waals surface area contributed by atoms with E-state index in [1.54, 1.807) is 24.3 Å². The predicted octanol–water partition coefficient (Wildman–Crippen LogP) is 6.00. The van der Waals surface area contributed by atoms with Gasteiger partial charge in [0.1, 0.15) is 11.6 Å². The van der Waals surface area contributed by atoms with Crippen molar-refractivity contribution in [1.29, 1.82) is 0 Å². The Morgan fingerprint density at radius 3 is 2.57 bits per heavy atom. The van der Waals surface area contributed by atoms with Gasteiger partial charge >= 0.3 is 5.97 Å². The van der Waals surface area contributed by atoms with Gasteiger partial charge in [-0.2, -0.15) is 0 Å². The van der Waals surface area contributed by atoms with Crippen molar-refractivity contribution in [3.8, 4) is 5.75 Å². The second kappa shape index (κ2) is 11.3. The van der Waals surface area contributed by atoms with E-state index in [2.05, 4.69) is 4.98 Å². The summed E-state index contributed by atoms with van der Waals surface area (Å²) in [7, 11) is 1.53. The number of hydrogen-bond acceptors (Lipinski definition) is 4. The van der Waals surface area contributed by atoms with Gasteiger partial charge in [0.15, 0.2) is 17.5 Å². The summed E-state index contributed by atoms with van der Waals surface area (Å²) >= 11 is 0. The molecule has 2 aromatic carbocycles. The molecular weight excluding hydrogens is 488 g/mol. The molecule has 0 bridgehead atoms. The fraction of sp³-hybridized carbons (Fsp3) is 0.357. The Morgan fingerprint density at radius 2 is 1.86 bits per heavy atom. The number of likely N-dealkylation sites (tertiary alicyclic amines) is 1. The Morgan fingerprint density at radius 1 is 1.11 bits per heavy atom. The second-order valence-electron chi connectivity index (χ2n) is 9.37. The van der Waals surface area contributed by atoms with E-state index >= 15 is 0 Å². The van der Waals surface area contributed by atoms with E-state index in [1.807, 2.05) is 4.90 Å². The first-order valence-electron chi connectivity index (χ1n) is 12.1. The molecule has 1 aliphatic rings. The lowest BCUT2D eigenvalue weighted by atomic mass is 9.74. The fourth-order valence-electron chi connectivity index (χ4n) is 4.92. The van der Waals surface area contributed by atoms with Gasteiger partial charge in [0.25, 0.3) is 0 Å². The van der Waals surface area contributed by atoms with E-state index in [1.165, 1.54) is 25.4 Å². The van der Waals surface area contributed by atoms with Crippen LogP contribution in [0.3, 0.4) is 0 Å². The number of nitrogens with zero attached hydrogens (tertiary/aromatic N) is 2. The summed E-state index contributed by atoms with van der Waals surface area (Å²) < 4.78 is 60.2. The molecule has 5 nitrogen and oxygen atoms in total. The minimum absolute atomic E-state index is 0.0516. The first kappa shape index (κ1) is 26.6. The van der Waals surface area contributed by atoms with E-state index in [0.717, 1.165) is 6.07 Å². The standard InChI is InChI=1S/C28H28F4N2O3/c1-37-19-7-9-24-21(16-19)20(23(30)17-33-24)5-2-10-28(27(35)36)11-14-34(15-12-28)13-3-4-18-6-8-22(29)26(32)25(18)31/h3-4,6-9,16-17H,2,5,10-15H2,1H3,(H,35,36)/b4-3+. The largest absolute Gasteiger partial charge is 0.497 e. The van der Waals surface area contributed by atoms with Crippen molar-refractivity contribution in [1.82, 2.24) is 9.88 Å². The summed E-state index contributed by atoms with van der Waals surface area (Å²) in [5.74, 6) is -4.69. The minimum atomic E-state index is -1.51. The normalized spacial score (nSPS) is 15.9. The molecular formula is C28H28F4N2O3. The molecule has 1 aromatic heterocycles. The van der Waals surface area contributed by atoms with Gasteiger partial charge in [0.05, 0.1) is 24.2 Å². The first-order chi connectivity index (χ1) is 17.7. The zero-order chi connectivity index (χ0) is 26.6. The van der Waals surface area contributed by atoms with Crippen molar-refractivity contribution >= 4 is 22.9 Å². The Balaban J connectivity index is 1.37. The number of aliphatic carboxylic acids is 1. The monoisotopic (exact) mass is 516 g/mol. The Kier molecular flexibility index (Phi) is 8.12. The van der Waals surface area contributed by atoms with Crippen LogP contribution in [0.15, 0.2) is 42.6 Å². The molecule has 4 rings (SSSR count). The molecule has 0 radical (unpaired) electrons. The average molecular weight is 517 g/mol. The van der Waals surface area contributed by atoms with Crippen LogP contribution in [0, 0.1) is 28.7 Å². The lowest BCUT2D eigenvalue weighted by Crippen LogP contribution is -2.44. The highest BCUT2D eigenvalue weighted by atomic mass is 19.2. The third kappa shape index (κ3) is 5.77. The van der Waals surface area contributed by atoms with E-state index in [4.69, 9.17) is 4.74 Å². The maximum atomic E-state index is 14.6. The topological polar surface area (TPSA) is 62.7 Å². The van der Waals surface area contributed by atoms with Crippen LogP contribution in [0.25, 0.3) is 17.0 Å². The van der Waals surface area contributed by atoms with Crippen LogP contribution in [-0.4, -0.2) is 47.7 Å². The van der Waals surface area contributed by atoms with Gasteiger partial charge in [-0.25, -0.2) is 17.6 Å². The number of hydrogen-bond donors (Lipinski definition) is 1. The van der Waals surface area contributed by atoms with Crippen molar-refractivity contribution < 1.29 is 32.2 Å². The molecule has 0 unspecified atom stereocenters. The van der Waals surface area contributed by atoms with Gasteiger partial charge in [-0.1, -0.05) is 12.2 Å². The summed E-state index contributed by atoms with van der Waals surface area (Å²) in [5.41, 5.74) is 0.180. The molecule has 0 spiro atoms. The highest BCUT2D eigenvalue weighted by Gasteiger charge is 2.40. The number of carbonyl (C=O) groups is 1. The Hall–Kier alpha value is -3.46. The molecule has 0 aliphatic carbocycles. The number of piperidine rings is 1. The molecule has 0 saturated carbocycles. The summed E-state index contributed by atoms with van der Waals surface area (Å²) in [5, 5.41) is 10.7. The van der Waals surface area contributed by atoms with Gasteiger partial charge < -0.3 is 9.84 Å². The summed E-state index contributed by atoms with van der Waals surface area (Å²) in [6.07, 6.45) is 6.34. The molecule has 196 valence electrons. The third-order valence-corrected chi connectivity index (χ3v) is 7.21. The smallest absolute Gasteiger partial charge is 0.309 e. The quantitative estimate of drug-likeness (QED) is 0.279. The summed E-state index contributed by atoms with van der Waals surface area (Å²) in [6.45, 7) is 1.45. The molecule has 1 N–H and O–H groups in total. The van der Waals surface area contributed by atoms with Gasteiger partial charge in [-0.3, -0.25) is 14.7 Å². The van der Waals surface area contributed by atoms with E-state index in [9.17, 15) is 27.5 Å². The predicted molar refractivity (Wildman–Crippen MR) is 132 cm³/mol. The number of carboxylic acid groups (broad SMARTS) is 1. The van der Waals surface area contributed by atoms with E-state index in [-0.39, 0.29) is 5.56 Å². The average Bonchev–Trinajstić information content (AvgIpc) is 2.90. The molecule has 0 amide bonds. The molecule has 0 atom stereocenters. The van der Waals surface area contributed by atoms with E-state index < -0.39 is 34.7 Å². The maximum Gasteiger partial charge on any atom is 0.309 e. The number of fused-ring (bicyclic) bond motifs is 1. The SMILES string of the molecule is COc1ccc2ncc(F)c(CCCC3(C(=O)O)CCN(C/C=C/c4ccc(F)c(F)c4F)CC3)c2c1. The van der Waals surface area contributed by atoms with Crippen molar-refractivity contribution in [2.24, 2.45) is 5.41 Å². The van der Waals surface area contributed by atoms with Crippen molar-refractivity contribution in [3.63, 3.8) is 0 Å². The molecule has 1 saturated heterocycles. The van der Waals surface area contributed by atoms with Crippen LogP contribution >= 0.6 is 0 Å². The molecule has 2 heterocycles. The van der Waals surface area contributed by atoms with Crippen LogP contribution in [0.5, 0.6) is 5.75 Å².